The third-order valence-electron chi connectivity index (χ3n) is 5.48. The number of hydrogen-bond acceptors (Lipinski definition) is 4. The fraction of sp³-hybridized carbons (Fsp3) is 0.500. The molecule has 1 aliphatic heterocycles. The fourth-order valence-corrected chi connectivity index (χ4v) is 3.80. The van der Waals surface area contributed by atoms with Gasteiger partial charge in [0, 0.05) is 26.2 Å². The Balaban J connectivity index is 1.43. The molecule has 6 heteroatoms. The molecule has 2 aromatic rings. The van der Waals surface area contributed by atoms with E-state index in [0.29, 0.717) is 44.4 Å². The van der Waals surface area contributed by atoms with E-state index in [1.807, 2.05) is 13.8 Å². The van der Waals surface area contributed by atoms with Crippen molar-refractivity contribution >= 4 is 11.8 Å². The van der Waals surface area contributed by atoms with Crippen molar-refractivity contribution in [1.82, 2.24) is 15.1 Å². The molecule has 1 aromatic carbocycles. The summed E-state index contributed by atoms with van der Waals surface area (Å²) >= 11 is 0. The van der Waals surface area contributed by atoms with Gasteiger partial charge in [0.15, 0.2) is 5.76 Å². The zero-order valence-corrected chi connectivity index (χ0v) is 18.5. The third-order valence-corrected chi connectivity index (χ3v) is 5.48. The SMILES string of the molecule is Cc1ccc(C(=O)N2CCN(CC(=O)NC(C)c3ccc(CC(C)C)cc3)CC2)o1. The minimum Gasteiger partial charge on any atom is -0.456 e. The van der Waals surface area contributed by atoms with Crippen LogP contribution in [0.5, 0.6) is 0 Å². The van der Waals surface area contributed by atoms with Gasteiger partial charge in [0.05, 0.1) is 12.6 Å². The lowest BCUT2D eigenvalue weighted by Gasteiger charge is -2.34. The number of nitrogens with zero attached hydrogens (tertiary/aromatic N) is 2. The molecule has 6 nitrogen and oxygen atoms in total. The average molecular weight is 412 g/mol. The van der Waals surface area contributed by atoms with E-state index >= 15 is 0 Å². The maximum absolute atomic E-state index is 12.5. The van der Waals surface area contributed by atoms with E-state index in [1.165, 1.54) is 5.56 Å². The van der Waals surface area contributed by atoms with Crippen LogP contribution in [0.25, 0.3) is 0 Å². The van der Waals surface area contributed by atoms with Gasteiger partial charge in [-0.15, -0.1) is 0 Å². The van der Waals surface area contributed by atoms with Gasteiger partial charge in [-0.1, -0.05) is 38.1 Å². The molecule has 0 saturated carbocycles. The zero-order chi connectivity index (χ0) is 21.7. The van der Waals surface area contributed by atoms with Crippen LogP contribution >= 0.6 is 0 Å². The first-order valence-corrected chi connectivity index (χ1v) is 10.8. The summed E-state index contributed by atoms with van der Waals surface area (Å²) in [5.41, 5.74) is 2.43. The van der Waals surface area contributed by atoms with Crippen LogP contribution in [0, 0.1) is 12.8 Å². The Labute approximate surface area is 179 Å². The number of rotatable bonds is 7. The standard InChI is InChI=1S/C24H33N3O3/c1-17(2)15-20-6-8-21(9-7-20)19(4)25-23(28)16-26-11-13-27(14-12-26)24(29)22-10-5-18(3)30-22/h5-10,17,19H,11-16H2,1-4H3,(H,25,28). The van der Waals surface area contributed by atoms with Gasteiger partial charge in [0.25, 0.3) is 5.91 Å². The summed E-state index contributed by atoms with van der Waals surface area (Å²) in [4.78, 5) is 28.8. The van der Waals surface area contributed by atoms with Crippen LogP contribution in [0.2, 0.25) is 0 Å². The van der Waals surface area contributed by atoms with Gasteiger partial charge >= 0.3 is 0 Å². The Morgan fingerprint density at radius 2 is 1.67 bits per heavy atom. The summed E-state index contributed by atoms with van der Waals surface area (Å²) in [7, 11) is 0. The molecule has 1 fully saturated rings. The molecule has 0 bridgehead atoms. The van der Waals surface area contributed by atoms with E-state index in [2.05, 4.69) is 48.3 Å². The number of benzene rings is 1. The lowest BCUT2D eigenvalue weighted by Crippen LogP contribution is -2.51. The van der Waals surface area contributed by atoms with E-state index < -0.39 is 0 Å². The minimum atomic E-state index is -0.0817. The quantitative estimate of drug-likeness (QED) is 0.758. The molecule has 1 saturated heterocycles. The second-order valence-corrected chi connectivity index (χ2v) is 8.61. The van der Waals surface area contributed by atoms with Crippen LogP contribution in [0.3, 0.4) is 0 Å². The monoisotopic (exact) mass is 411 g/mol. The molecule has 2 amide bonds. The van der Waals surface area contributed by atoms with Crippen molar-refractivity contribution < 1.29 is 14.0 Å². The molecule has 1 atom stereocenters. The molecular formula is C24H33N3O3. The van der Waals surface area contributed by atoms with Gasteiger partial charge in [-0.2, -0.15) is 0 Å². The average Bonchev–Trinajstić information content (AvgIpc) is 3.14. The van der Waals surface area contributed by atoms with Crippen molar-refractivity contribution in [3.63, 3.8) is 0 Å². The third kappa shape index (κ3) is 5.95. The molecule has 162 valence electrons. The molecular weight excluding hydrogens is 378 g/mol. The molecule has 0 aliphatic carbocycles. The van der Waals surface area contributed by atoms with Crippen LogP contribution in [-0.4, -0.2) is 54.3 Å². The number of carbonyl (C=O) groups is 2. The van der Waals surface area contributed by atoms with Gasteiger partial charge in [0.1, 0.15) is 5.76 Å². The summed E-state index contributed by atoms with van der Waals surface area (Å²) in [6, 6.07) is 12.0. The smallest absolute Gasteiger partial charge is 0.289 e. The highest BCUT2D eigenvalue weighted by Crippen LogP contribution is 2.16. The topological polar surface area (TPSA) is 65.8 Å². The molecule has 0 spiro atoms. The van der Waals surface area contributed by atoms with Crippen LogP contribution in [0.4, 0.5) is 0 Å². The molecule has 30 heavy (non-hydrogen) atoms. The van der Waals surface area contributed by atoms with Crippen molar-refractivity contribution in [3.05, 3.63) is 59.0 Å². The maximum Gasteiger partial charge on any atom is 0.289 e. The van der Waals surface area contributed by atoms with Crippen molar-refractivity contribution in [1.29, 1.82) is 0 Å². The normalized spacial score (nSPS) is 16.0. The molecule has 0 radical (unpaired) electrons. The first-order valence-electron chi connectivity index (χ1n) is 10.8. The van der Waals surface area contributed by atoms with E-state index in [-0.39, 0.29) is 17.9 Å². The lowest BCUT2D eigenvalue weighted by atomic mass is 10.00. The van der Waals surface area contributed by atoms with E-state index in [9.17, 15) is 9.59 Å². The predicted molar refractivity (Wildman–Crippen MR) is 117 cm³/mol. The van der Waals surface area contributed by atoms with Crippen molar-refractivity contribution in [3.8, 4) is 0 Å². The zero-order valence-electron chi connectivity index (χ0n) is 18.5. The van der Waals surface area contributed by atoms with Crippen LogP contribution in [0.15, 0.2) is 40.8 Å². The lowest BCUT2D eigenvalue weighted by molar-refractivity contribution is -0.123. The Hall–Kier alpha value is -2.60. The van der Waals surface area contributed by atoms with Gasteiger partial charge in [-0.05, 0) is 49.4 Å². The predicted octanol–water partition coefficient (Wildman–Crippen LogP) is 3.42. The van der Waals surface area contributed by atoms with Gasteiger partial charge < -0.3 is 14.6 Å². The Bertz CT molecular complexity index is 849. The summed E-state index contributed by atoms with van der Waals surface area (Å²) in [6.45, 7) is 11.2. The van der Waals surface area contributed by atoms with Crippen molar-refractivity contribution in [2.75, 3.05) is 32.7 Å². The number of piperazine rings is 1. The Morgan fingerprint density at radius 3 is 2.23 bits per heavy atom. The number of nitrogens with one attached hydrogen (secondary N) is 1. The number of furan rings is 1. The number of carbonyl (C=O) groups excluding carboxylic acids is 2. The summed E-state index contributed by atoms with van der Waals surface area (Å²) in [5.74, 6) is 1.67. The van der Waals surface area contributed by atoms with Crippen LogP contribution < -0.4 is 5.32 Å². The number of hydrogen-bond donors (Lipinski definition) is 1. The minimum absolute atomic E-state index is 0.00944. The van der Waals surface area contributed by atoms with Gasteiger partial charge in [-0.25, -0.2) is 0 Å². The molecule has 1 unspecified atom stereocenters. The molecule has 3 rings (SSSR count). The van der Waals surface area contributed by atoms with E-state index in [4.69, 9.17) is 4.42 Å². The van der Waals surface area contributed by atoms with Crippen LogP contribution in [0.1, 0.15) is 54.3 Å². The van der Waals surface area contributed by atoms with E-state index in [1.54, 1.807) is 17.0 Å². The molecule has 1 aliphatic rings. The Morgan fingerprint density at radius 1 is 1.00 bits per heavy atom. The highest BCUT2D eigenvalue weighted by atomic mass is 16.3. The van der Waals surface area contributed by atoms with Crippen molar-refractivity contribution in [2.45, 2.75) is 40.2 Å². The summed E-state index contributed by atoms with van der Waals surface area (Å²) in [5, 5.41) is 3.09. The molecule has 2 heterocycles. The fourth-order valence-electron chi connectivity index (χ4n) is 3.80. The Kier molecular flexibility index (Phi) is 7.32. The van der Waals surface area contributed by atoms with Crippen LogP contribution in [-0.2, 0) is 11.2 Å². The highest BCUT2D eigenvalue weighted by molar-refractivity contribution is 5.91. The first-order chi connectivity index (χ1) is 14.3. The highest BCUT2D eigenvalue weighted by Gasteiger charge is 2.25. The first kappa shape index (κ1) is 22.1. The summed E-state index contributed by atoms with van der Waals surface area (Å²) in [6.07, 6.45) is 1.06. The van der Waals surface area contributed by atoms with E-state index in [0.717, 1.165) is 17.7 Å². The maximum atomic E-state index is 12.5. The molecule has 1 aromatic heterocycles. The second kappa shape index (κ2) is 9.94. The second-order valence-electron chi connectivity index (χ2n) is 8.61. The van der Waals surface area contributed by atoms with Gasteiger partial charge in [-0.3, -0.25) is 14.5 Å². The molecule has 1 N–H and O–H groups in total. The van der Waals surface area contributed by atoms with Gasteiger partial charge in [0.2, 0.25) is 5.91 Å². The largest absolute Gasteiger partial charge is 0.456 e. The number of amides is 2. The number of aryl methyl sites for hydroxylation is 1. The summed E-state index contributed by atoms with van der Waals surface area (Å²) < 4.78 is 5.43. The van der Waals surface area contributed by atoms with Crippen molar-refractivity contribution in [2.24, 2.45) is 5.92 Å².